The van der Waals surface area contributed by atoms with Crippen LogP contribution in [0.5, 0.6) is 0 Å². The number of anilines is 1. The maximum atomic E-state index is 11.9. The van der Waals surface area contributed by atoms with E-state index >= 15 is 0 Å². The molecule has 5 nitrogen and oxygen atoms in total. The number of nitrogens with zero attached hydrogens (tertiary/aromatic N) is 3. The van der Waals surface area contributed by atoms with Gasteiger partial charge < -0.3 is 9.64 Å². The summed E-state index contributed by atoms with van der Waals surface area (Å²) in [7, 11) is 0. The van der Waals surface area contributed by atoms with E-state index in [4.69, 9.17) is 4.74 Å². The highest BCUT2D eigenvalue weighted by Gasteiger charge is 2.14. The van der Waals surface area contributed by atoms with Crippen LogP contribution >= 0.6 is 11.3 Å². The fourth-order valence-corrected chi connectivity index (χ4v) is 2.68. The standard InChI is InChI=1S/C14H15N3O2S/c18-14(19-9-12-8-15-10-20-12)11-3-4-13(16-7-11)17-5-1-2-6-17/h3-4,7-8,10H,1-2,5-6,9H2. The highest BCUT2D eigenvalue weighted by molar-refractivity contribution is 7.09. The summed E-state index contributed by atoms with van der Waals surface area (Å²) in [5.41, 5.74) is 2.20. The molecule has 1 saturated heterocycles. The number of pyridine rings is 1. The lowest BCUT2D eigenvalue weighted by Crippen LogP contribution is -2.19. The van der Waals surface area contributed by atoms with Gasteiger partial charge in [0.25, 0.3) is 0 Å². The minimum absolute atomic E-state index is 0.261. The Morgan fingerprint density at radius 2 is 2.15 bits per heavy atom. The van der Waals surface area contributed by atoms with Gasteiger partial charge in [-0.2, -0.15) is 0 Å². The Hall–Kier alpha value is -1.95. The van der Waals surface area contributed by atoms with Gasteiger partial charge >= 0.3 is 5.97 Å². The van der Waals surface area contributed by atoms with E-state index < -0.39 is 0 Å². The van der Waals surface area contributed by atoms with E-state index in [1.54, 1.807) is 24.0 Å². The van der Waals surface area contributed by atoms with Crippen molar-refractivity contribution < 1.29 is 9.53 Å². The number of rotatable bonds is 4. The Kier molecular flexibility index (Phi) is 3.92. The van der Waals surface area contributed by atoms with Crippen molar-refractivity contribution in [1.82, 2.24) is 9.97 Å². The number of thiazole rings is 1. The van der Waals surface area contributed by atoms with Gasteiger partial charge in [-0.15, -0.1) is 11.3 Å². The molecule has 1 fully saturated rings. The quantitative estimate of drug-likeness (QED) is 0.809. The summed E-state index contributed by atoms with van der Waals surface area (Å²) in [5, 5.41) is 0. The monoisotopic (exact) mass is 289 g/mol. The molecule has 2 aromatic rings. The summed E-state index contributed by atoms with van der Waals surface area (Å²) in [4.78, 5) is 23.3. The van der Waals surface area contributed by atoms with Crippen molar-refractivity contribution in [3.8, 4) is 0 Å². The maximum Gasteiger partial charge on any atom is 0.340 e. The summed E-state index contributed by atoms with van der Waals surface area (Å²) >= 11 is 1.47. The fourth-order valence-electron chi connectivity index (χ4n) is 2.17. The largest absolute Gasteiger partial charge is 0.456 e. The van der Waals surface area contributed by atoms with Gasteiger partial charge in [0.1, 0.15) is 12.4 Å². The van der Waals surface area contributed by atoms with Crippen molar-refractivity contribution in [2.75, 3.05) is 18.0 Å². The van der Waals surface area contributed by atoms with Crippen LogP contribution in [0.25, 0.3) is 0 Å². The summed E-state index contributed by atoms with van der Waals surface area (Å²) in [6.07, 6.45) is 5.70. The lowest BCUT2D eigenvalue weighted by molar-refractivity contribution is 0.0476. The van der Waals surface area contributed by atoms with Crippen LogP contribution in [0.15, 0.2) is 30.0 Å². The highest BCUT2D eigenvalue weighted by Crippen LogP contribution is 2.18. The molecule has 0 saturated carbocycles. The van der Waals surface area contributed by atoms with Gasteiger partial charge in [0.2, 0.25) is 0 Å². The average Bonchev–Trinajstić information content (AvgIpc) is 3.18. The number of esters is 1. The topological polar surface area (TPSA) is 55.3 Å². The van der Waals surface area contributed by atoms with E-state index in [9.17, 15) is 4.79 Å². The predicted molar refractivity (Wildman–Crippen MR) is 76.9 cm³/mol. The number of aromatic nitrogens is 2. The molecule has 0 amide bonds. The minimum Gasteiger partial charge on any atom is -0.456 e. The van der Waals surface area contributed by atoms with Gasteiger partial charge in [0, 0.05) is 25.5 Å². The van der Waals surface area contributed by atoms with Gasteiger partial charge in [0.15, 0.2) is 0 Å². The first-order valence-corrected chi connectivity index (χ1v) is 7.46. The second-order valence-electron chi connectivity index (χ2n) is 4.64. The van der Waals surface area contributed by atoms with Crippen molar-refractivity contribution in [2.24, 2.45) is 0 Å². The summed E-state index contributed by atoms with van der Waals surface area (Å²) in [6, 6.07) is 3.66. The number of carbonyl (C=O) groups excluding carboxylic acids is 1. The Labute approximate surface area is 121 Å². The summed E-state index contributed by atoms with van der Waals surface area (Å²) < 4.78 is 5.22. The van der Waals surface area contributed by atoms with E-state index in [-0.39, 0.29) is 12.6 Å². The van der Waals surface area contributed by atoms with Crippen LogP contribution < -0.4 is 4.90 Å². The number of hydrogen-bond acceptors (Lipinski definition) is 6. The van der Waals surface area contributed by atoms with Crippen LogP contribution in [0.1, 0.15) is 28.1 Å². The van der Waals surface area contributed by atoms with E-state index in [0.29, 0.717) is 5.56 Å². The smallest absolute Gasteiger partial charge is 0.340 e. The Balaban J connectivity index is 1.60. The van der Waals surface area contributed by atoms with E-state index in [1.165, 1.54) is 24.2 Å². The summed E-state index contributed by atoms with van der Waals surface area (Å²) in [5.74, 6) is 0.584. The predicted octanol–water partition coefficient (Wildman–Crippen LogP) is 2.50. The molecule has 0 aromatic carbocycles. The zero-order chi connectivity index (χ0) is 13.8. The van der Waals surface area contributed by atoms with E-state index in [2.05, 4.69) is 14.9 Å². The van der Waals surface area contributed by atoms with Crippen molar-refractivity contribution in [3.63, 3.8) is 0 Å². The molecular formula is C14H15N3O2S. The minimum atomic E-state index is -0.348. The van der Waals surface area contributed by atoms with Crippen molar-refractivity contribution in [3.05, 3.63) is 40.5 Å². The third-order valence-electron chi connectivity index (χ3n) is 3.24. The molecule has 0 radical (unpaired) electrons. The van der Waals surface area contributed by atoms with Crippen LogP contribution in [0, 0.1) is 0 Å². The van der Waals surface area contributed by atoms with Crippen LogP contribution in [0.4, 0.5) is 5.82 Å². The molecule has 2 aromatic heterocycles. The summed E-state index contributed by atoms with van der Waals surface area (Å²) in [6.45, 7) is 2.35. The molecule has 1 aliphatic rings. The molecule has 1 aliphatic heterocycles. The Morgan fingerprint density at radius 3 is 2.80 bits per heavy atom. The van der Waals surface area contributed by atoms with Crippen LogP contribution in [-0.4, -0.2) is 29.0 Å². The normalized spacial score (nSPS) is 14.5. The molecule has 0 atom stereocenters. The Morgan fingerprint density at radius 1 is 1.30 bits per heavy atom. The number of carbonyl (C=O) groups is 1. The average molecular weight is 289 g/mol. The fraction of sp³-hybridized carbons (Fsp3) is 0.357. The maximum absolute atomic E-state index is 11.9. The van der Waals surface area contributed by atoms with Gasteiger partial charge in [-0.1, -0.05) is 0 Å². The van der Waals surface area contributed by atoms with Crippen molar-refractivity contribution in [2.45, 2.75) is 19.4 Å². The third-order valence-corrected chi connectivity index (χ3v) is 4.00. The first-order valence-electron chi connectivity index (χ1n) is 6.58. The van der Waals surface area contributed by atoms with Crippen molar-refractivity contribution in [1.29, 1.82) is 0 Å². The second-order valence-corrected chi connectivity index (χ2v) is 5.61. The molecule has 0 bridgehead atoms. The molecular weight excluding hydrogens is 274 g/mol. The molecule has 104 valence electrons. The lowest BCUT2D eigenvalue weighted by Gasteiger charge is -2.15. The number of hydrogen-bond donors (Lipinski definition) is 0. The highest BCUT2D eigenvalue weighted by atomic mass is 32.1. The molecule has 3 heterocycles. The first kappa shape index (κ1) is 13.1. The SMILES string of the molecule is O=C(OCc1cncs1)c1ccc(N2CCCC2)nc1. The zero-order valence-corrected chi connectivity index (χ0v) is 11.8. The molecule has 0 aliphatic carbocycles. The molecule has 6 heteroatoms. The van der Waals surface area contributed by atoms with Crippen LogP contribution in [-0.2, 0) is 11.3 Å². The van der Waals surface area contributed by atoms with E-state index in [0.717, 1.165) is 23.8 Å². The molecule has 0 N–H and O–H groups in total. The van der Waals surface area contributed by atoms with Crippen molar-refractivity contribution >= 4 is 23.1 Å². The zero-order valence-electron chi connectivity index (χ0n) is 11.0. The lowest BCUT2D eigenvalue weighted by atomic mass is 10.3. The van der Waals surface area contributed by atoms with Gasteiger partial charge in [-0.3, -0.25) is 4.98 Å². The van der Waals surface area contributed by atoms with Crippen LogP contribution in [0.2, 0.25) is 0 Å². The molecule has 0 spiro atoms. The van der Waals surface area contributed by atoms with Gasteiger partial charge in [-0.25, -0.2) is 9.78 Å². The van der Waals surface area contributed by atoms with Gasteiger partial charge in [0.05, 0.1) is 16.0 Å². The van der Waals surface area contributed by atoms with Crippen LogP contribution in [0.3, 0.4) is 0 Å². The third kappa shape index (κ3) is 2.96. The van der Waals surface area contributed by atoms with Gasteiger partial charge in [-0.05, 0) is 25.0 Å². The molecule has 20 heavy (non-hydrogen) atoms. The molecule has 3 rings (SSSR count). The Bertz CT molecular complexity index is 563. The second kappa shape index (κ2) is 6.00. The molecule has 0 unspecified atom stereocenters. The van der Waals surface area contributed by atoms with E-state index in [1.807, 2.05) is 6.07 Å². The number of ether oxygens (including phenoxy) is 1. The first-order chi connectivity index (χ1) is 9.83.